The van der Waals surface area contributed by atoms with Gasteiger partial charge in [0.05, 0.1) is 0 Å². The van der Waals surface area contributed by atoms with Crippen LogP contribution < -0.4 is 4.74 Å². The molecule has 5 heteroatoms. The number of rotatable bonds is 5. The Kier molecular flexibility index (Phi) is 5.31. The van der Waals surface area contributed by atoms with Crippen molar-refractivity contribution in [3.05, 3.63) is 107 Å². The maximum atomic E-state index is 6.47. The summed E-state index contributed by atoms with van der Waals surface area (Å²) in [5, 5.41) is 0.669. The zero-order valence-electron chi connectivity index (χ0n) is 15.3. The Labute approximate surface area is 168 Å². The van der Waals surface area contributed by atoms with E-state index in [4.69, 9.17) is 16.3 Å². The predicted molar refractivity (Wildman–Crippen MR) is 110 cm³/mol. The largest absolute Gasteiger partial charge is 0.479 e. The van der Waals surface area contributed by atoms with Gasteiger partial charge in [0, 0.05) is 52.7 Å². The summed E-state index contributed by atoms with van der Waals surface area (Å²) in [7, 11) is 0. The molecular weight excluding hydrogens is 370 g/mol. The van der Waals surface area contributed by atoms with E-state index >= 15 is 0 Å². The van der Waals surface area contributed by atoms with Crippen molar-refractivity contribution in [2.24, 2.45) is 0 Å². The molecule has 0 N–H and O–H groups in total. The molecule has 0 atom stereocenters. The maximum Gasteiger partial charge on any atom is 0.152 e. The van der Waals surface area contributed by atoms with E-state index in [1.165, 1.54) is 0 Å². The lowest BCUT2D eigenvalue weighted by atomic mass is 10.0. The molecule has 4 nitrogen and oxygen atoms in total. The molecule has 0 aliphatic rings. The van der Waals surface area contributed by atoms with Crippen molar-refractivity contribution in [2.75, 3.05) is 0 Å². The van der Waals surface area contributed by atoms with Crippen LogP contribution in [0.25, 0.3) is 11.3 Å². The number of nitrogens with zero attached hydrogens (tertiary/aromatic N) is 3. The van der Waals surface area contributed by atoms with Gasteiger partial charge in [-0.25, -0.2) is 0 Å². The van der Waals surface area contributed by atoms with Crippen LogP contribution in [-0.2, 0) is 0 Å². The summed E-state index contributed by atoms with van der Waals surface area (Å²) in [4.78, 5) is 13.0. The first kappa shape index (κ1) is 18.1. The van der Waals surface area contributed by atoms with Gasteiger partial charge in [0.15, 0.2) is 6.10 Å². The molecule has 0 aliphatic heterocycles. The molecule has 0 amide bonds. The smallest absolute Gasteiger partial charge is 0.152 e. The standard InChI is InChI=1S/C23H18ClN3O/c1-16-11-19(13-20(24)12-16)22-21(7-4-10-27-22)28-23(17-5-2-8-25-14-17)18-6-3-9-26-15-18/h2-15,23H,1H3. The number of benzene rings is 1. The summed E-state index contributed by atoms with van der Waals surface area (Å²) in [6.07, 6.45) is 8.49. The van der Waals surface area contributed by atoms with E-state index in [0.717, 1.165) is 27.9 Å². The summed E-state index contributed by atoms with van der Waals surface area (Å²) in [5.41, 5.74) is 4.60. The fourth-order valence-electron chi connectivity index (χ4n) is 3.09. The van der Waals surface area contributed by atoms with Gasteiger partial charge in [0.25, 0.3) is 0 Å². The van der Waals surface area contributed by atoms with E-state index in [9.17, 15) is 0 Å². The number of aromatic nitrogens is 3. The zero-order chi connectivity index (χ0) is 19.3. The number of hydrogen-bond acceptors (Lipinski definition) is 4. The minimum atomic E-state index is -0.356. The van der Waals surface area contributed by atoms with Gasteiger partial charge in [0.2, 0.25) is 0 Å². The van der Waals surface area contributed by atoms with Gasteiger partial charge < -0.3 is 4.74 Å². The van der Waals surface area contributed by atoms with Crippen molar-refractivity contribution in [3.63, 3.8) is 0 Å². The Morgan fingerprint density at radius 2 is 1.54 bits per heavy atom. The Morgan fingerprint density at radius 1 is 0.857 bits per heavy atom. The van der Waals surface area contributed by atoms with Crippen molar-refractivity contribution in [3.8, 4) is 17.0 Å². The average Bonchev–Trinajstić information content (AvgIpc) is 2.73. The number of ether oxygens (including phenoxy) is 1. The van der Waals surface area contributed by atoms with Crippen LogP contribution in [-0.4, -0.2) is 15.0 Å². The third-order valence-electron chi connectivity index (χ3n) is 4.31. The second-order valence-electron chi connectivity index (χ2n) is 6.44. The van der Waals surface area contributed by atoms with Crippen LogP contribution in [0.5, 0.6) is 5.75 Å². The molecule has 1 aromatic carbocycles. The molecule has 0 fully saturated rings. The SMILES string of the molecule is Cc1cc(Cl)cc(-c2ncccc2OC(c2cccnc2)c2cccnc2)c1. The number of pyridine rings is 3. The zero-order valence-corrected chi connectivity index (χ0v) is 16.0. The summed E-state index contributed by atoms with van der Waals surface area (Å²) in [6, 6.07) is 17.4. The molecule has 0 saturated carbocycles. The molecule has 0 saturated heterocycles. The van der Waals surface area contributed by atoms with Crippen LogP contribution in [0.1, 0.15) is 22.8 Å². The number of aryl methyl sites for hydroxylation is 1. The lowest BCUT2D eigenvalue weighted by Gasteiger charge is -2.21. The highest BCUT2D eigenvalue weighted by Crippen LogP contribution is 2.35. The number of hydrogen-bond donors (Lipinski definition) is 0. The fraction of sp³-hybridized carbons (Fsp3) is 0.0870. The van der Waals surface area contributed by atoms with Gasteiger partial charge >= 0.3 is 0 Å². The Balaban J connectivity index is 1.78. The third-order valence-corrected chi connectivity index (χ3v) is 4.52. The molecule has 3 aromatic heterocycles. The number of halogens is 1. The normalized spacial score (nSPS) is 10.8. The lowest BCUT2D eigenvalue weighted by Crippen LogP contribution is -2.11. The predicted octanol–water partition coefficient (Wildman–Crippen LogP) is 5.67. The van der Waals surface area contributed by atoms with Gasteiger partial charge in [-0.3, -0.25) is 15.0 Å². The van der Waals surface area contributed by atoms with E-state index in [1.807, 2.05) is 61.5 Å². The Bertz CT molecular complexity index is 1010. The highest BCUT2D eigenvalue weighted by Gasteiger charge is 2.19. The topological polar surface area (TPSA) is 47.9 Å². The maximum absolute atomic E-state index is 6.47. The highest BCUT2D eigenvalue weighted by atomic mass is 35.5. The first-order valence-corrected chi connectivity index (χ1v) is 9.27. The summed E-state index contributed by atoms with van der Waals surface area (Å²) in [5.74, 6) is 0.668. The summed E-state index contributed by atoms with van der Waals surface area (Å²) in [6.45, 7) is 2.01. The Morgan fingerprint density at radius 3 is 2.14 bits per heavy atom. The van der Waals surface area contributed by atoms with Crippen molar-refractivity contribution >= 4 is 11.6 Å². The van der Waals surface area contributed by atoms with Crippen molar-refractivity contribution in [1.29, 1.82) is 0 Å². The first-order valence-electron chi connectivity index (χ1n) is 8.90. The second-order valence-corrected chi connectivity index (χ2v) is 6.87. The van der Waals surface area contributed by atoms with E-state index < -0.39 is 0 Å². The van der Waals surface area contributed by atoms with Crippen molar-refractivity contribution in [2.45, 2.75) is 13.0 Å². The van der Waals surface area contributed by atoms with Crippen molar-refractivity contribution in [1.82, 2.24) is 15.0 Å². The molecular formula is C23H18ClN3O. The van der Waals surface area contributed by atoms with E-state index in [0.29, 0.717) is 10.8 Å². The first-order chi connectivity index (χ1) is 13.7. The van der Waals surface area contributed by atoms with Gasteiger partial charge in [-0.15, -0.1) is 0 Å². The van der Waals surface area contributed by atoms with Gasteiger partial charge in [-0.1, -0.05) is 23.7 Å². The highest BCUT2D eigenvalue weighted by molar-refractivity contribution is 6.31. The molecule has 4 aromatic rings. The van der Waals surface area contributed by atoms with Gasteiger partial charge in [-0.2, -0.15) is 0 Å². The third kappa shape index (κ3) is 4.02. The summed E-state index contributed by atoms with van der Waals surface area (Å²) >= 11 is 6.26. The molecule has 28 heavy (non-hydrogen) atoms. The van der Waals surface area contributed by atoms with Crippen molar-refractivity contribution < 1.29 is 4.74 Å². The minimum absolute atomic E-state index is 0.356. The molecule has 0 spiro atoms. The van der Waals surface area contributed by atoms with E-state index in [2.05, 4.69) is 15.0 Å². The molecule has 0 radical (unpaired) electrons. The molecule has 138 valence electrons. The molecule has 0 aliphatic carbocycles. The van der Waals surface area contributed by atoms with Crippen LogP contribution in [0.3, 0.4) is 0 Å². The van der Waals surface area contributed by atoms with Crippen LogP contribution in [0.15, 0.2) is 85.6 Å². The van der Waals surface area contributed by atoms with Crippen LogP contribution >= 0.6 is 11.6 Å². The lowest BCUT2D eigenvalue weighted by molar-refractivity contribution is 0.246. The van der Waals surface area contributed by atoms with Gasteiger partial charge in [-0.05, 0) is 55.0 Å². The monoisotopic (exact) mass is 387 g/mol. The van der Waals surface area contributed by atoms with Crippen LogP contribution in [0.2, 0.25) is 5.02 Å². The Hall–Kier alpha value is -3.24. The summed E-state index contributed by atoms with van der Waals surface area (Å²) < 4.78 is 6.47. The second kappa shape index (κ2) is 8.19. The van der Waals surface area contributed by atoms with E-state index in [1.54, 1.807) is 31.0 Å². The van der Waals surface area contributed by atoms with E-state index in [-0.39, 0.29) is 6.10 Å². The quantitative estimate of drug-likeness (QED) is 0.442. The average molecular weight is 388 g/mol. The molecule has 4 rings (SSSR count). The van der Waals surface area contributed by atoms with Gasteiger partial charge in [0.1, 0.15) is 11.4 Å². The molecule has 0 bridgehead atoms. The van der Waals surface area contributed by atoms with Crippen LogP contribution in [0, 0.1) is 6.92 Å². The molecule has 0 unspecified atom stereocenters. The van der Waals surface area contributed by atoms with Crippen LogP contribution in [0.4, 0.5) is 0 Å². The fourth-order valence-corrected chi connectivity index (χ4v) is 3.38. The molecule has 3 heterocycles. The minimum Gasteiger partial charge on any atom is -0.479 e.